The number of aromatic nitrogens is 2. The average Bonchev–Trinajstić information content (AvgIpc) is 2.98. The van der Waals surface area contributed by atoms with E-state index in [1.54, 1.807) is 18.3 Å². The van der Waals surface area contributed by atoms with Crippen molar-refractivity contribution in [1.82, 2.24) is 9.55 Å². The highest BCUT2D eigenvalue weighted by Crippen LogP contribution is 2.29. The highest BCUT2D eigenvalue weighted by Gasteiger charge is 2.23. The van der Waals surface area contributed by atoms with Crippen molar-refractivity contribution in [2.75, 3.05) is 6.54 Å². The van der Waals surface area contributed by atoms with Crippen molar-refractivity contribution >= 4 is 11.4 Å². The number of nitro groups is 1. The van der Waals surface area contributed by atoms with Gasteiger partial charge in [-0.15, -0.1) is 0 Å². The van der Waals surface area contributed by atoms with Crippen LogP contribution in [0.3, 0.4) is 0 Å². The molecule has 0 bridgehead atoms. The Hall–Kier alpha value is -3.32. The van der Waals surface area contributed by atoms with Crippen LogP contribution >= 0.6 is 0 Å². The predicted octanol–water partition coefficient (Wildman–Crippen LogP) is 2.63. The van der Waals surface area contributed by atoms with Gasteiger partial charge in [-0.3, -0.25) is 19.7 Å². The van der Waals surface area contributed by atoms with Crippen LogP contribution < -0.4 is 5.73 Å². The molecule has 1 aromatic heterocycles. The van der Waals surface area contributed by atoms with Crippen LogP contribution in [0.25, 0.3) is 5.69 Å². The minimum absolute atomic E-state index is 0.0383. The number of benzene rings is 2. The van der Waals surface area contributed by atoms with Gasteiger partial charge >= 0.3 is 0 Å². The van der Waals surface area contributed by atoms with Crippen LogP contribution in [-0.2, 0) is 13.0 Å². The molecule has 0 atom stereocenters. The summed E-state index contributed by atoms with van der Waals surface area (Å²) < 4.78 is 1.95. The maximum atomic E-state index is 11.3. The lowest BCUT2D eigenvalue weighted by atomic mass is 10.00. The average molecular weight is 347 g/mol. The molecule has 130 valence electrons. The van der Waals surface area contributed by atoms with Gasteiger partial charge in [-0.2, -0.15) is 0 Å². The maximum Gasteiger partial charge on any atom is 0.271 e. The van der Waals surface area contributed by atoms with Crippen LogP contribution in [0.4, 0.5) is 5.69 Å². The molecule has 0 radical (unpaired) electrons. The van der Waals surface area contributed by atoms with Gasteiger partial charge in [0.2, 0.25) is 0 Å². The molecule has 7 heteroatoms. The lowest BCUT2D eigenvalue weighted by molar-refractivity contribution is -0.384. The lowest BCUT2D eigenvalue weighted by Crippen LogP contribution is -2.12. The third kappa shape index (κ3) is 2.68. The molecule has 0 saturated carbocycles. The number of nitro benzene ring substituents is 1. The Kier molecular flexibility index (Phi) is 4.06. The van der Waals surface area contributed by atoms with Crippen molar-refractivity contribution < 1.29 is 4.92 Å². The molecule has 7 nitrogen and oxygen atoms in total. The molecule has 0 saturated heterocycles. The summed E-state index contributed by atoms with van der Waals surface area (Å²) in [5, 5.41) is 11.3. The van der Waals surface area contributed by atoms with Crippen LogP contribution in [0.1, 0.15) is 22.6 Å². The fourth-order valence-corrected chi connectivity index (χ4v) is 3.26. The molecule has 2 aromatic carbocycles. The summed E-state index contributed by atoms with van der Waals surface area (Å²) in [6.45, 7) is 0.874. The highest BCUT2D eigenvalue weighted by atomic mass is 16.6. The zero-order chi connectivity index (χ0) is 18.1. The molecule has 0 fully saturated rings. The molecule has 1 aliphatic rings. The number of non-ortho nitro benzene ring substituents is 1. The highest BCUT2D eigenvalue weighted by molar-refractivity contribution is 6.15. The second kappa shape index (κ2) is 6.53. The van der Waals surface area contributed by atoms with Gasteiger partial charge in [0.1, 0.15) is 5.82 Å². The van der Waals surface area contributed by atoms with E-state index < -0.39 is 0 Å². The molecule has 4 rings (SSSR count). The molecule has 1 aliphatic heterocycles. The predicted molar refractivity (Wildman–Crippen MR) is 98.8 cm³/mol. The maximum absolute atomic E-state index is 11.3. The molecular weight excluding hydrogens is 330 g/mol. The van der Waals surface area contributed by atoms with E-state index in [2.05, 4.69) is 4.98 Å². The number of hydrogen-bond acceptors (Lipinski definition) is 5. The van der Waals surface area contributed by atoms with Crippen molar-refractivity contribution in [2.45, 2.75) is 13.0 Å². The number of nitrogens with zero attached hydrogens (tertiary/aromatic N) is 4. The zero-order valence-electron chi connectivity index (χ0n) is 14.0. The molecule has 0 unspecified atom stereocenters. The van der Waals surface area contributed by atoms with Crippen LogP contribution in [0, 0.1) is 10.1 Å². The monoisotopic (exact) mass is 347 g/mol. The Labute approximate surface area is 150 Å². The van der Waals surface area contributed by atoms with E-state index in [9.17, 15) is 10.1 Å². The smallest absolute Gasteiger partial charge is 0.271 e. The van der Waals surface area contributed by atoms with Crippen molar-refractivity contribution in [2.24, 2.45) is 10.7 Å². The number of nitrogens with two attached hydrogens (primary N) is 1. The van der Waals surface area contributed by atoms with E-state index in [-0.39, 0.29) is 10.6 Å². The minimum Gasteiger partial charge on any atom is -0.330 e. The first-order valence-corrected chi connectivity index (χ1v) is 8.33. The van der Waals surface area contributed by atoms with E-state index >= 15 is 0 Å². The Morgan fingerprint density at radius 3 is 2.73 bits per heavy atom. The van der Waals surface area contributed by atoms with Crippen molar-refractivity contribution in [3.8, 4) is 5.69 Å². The normalized spacial score (nSPS) is 12.7. The van der Waals surface area contributed by atoms with E-state index in [1.165, 1.54) is 6.07 Å². The Balaban J connectivity index is 1.98. The van der Waals surface area contributed by atoms with Gasteiger partial charge in [-0.25, -0.2) is 4.98 Å². The summed E-state index contributed by atoms with van der Waals surface area (Å²) in [6, 6.07) is 14.7. The molecule has 0 amide bonds. The van der Waals surface area contributed by atoms with E-state index in [0.717, 1.165) is 34.0 Å². The van der Waals surface area contributed by atoms with Gasteiger partial charge in [-0.05, 0) is 12.6 Å². The van der Waals surface area contributed by atoms with Crippen molar-refractivity contribution in [1.29, 1.82) is 0 Å². The summed E-state index contributed by atoms with van der Waals surface area (Å²) >= 11 is 0. The molecule has 0 aliphatic carbocycles. The van der Waals surface area contributed by atoms with Gasteiger partial charge < -0.3 is 5.73 Å². The number of aliphatic imine (C=N–C) groups is 1. The molecule has 26 heavy (non-hydrogen) atoms. The second-order valence-electron chi connectivity index (χ2n) is 6.03. The van der Waals surface area contributed by atoms with Gasteiger partial charge in [0.15, 0.2) is 0 Å². The SMILES string of the molecule is NCCc1cnc2n1-c1cc([N+](=O)[O-])ccc1C(c1ccccc1)=NC2. The van der Waals surface area contributed by atoms with Crippen LogP contribution in [0.2, 0.25) is 0 Å². The molecule has 3 aromatic rings. The van der Waals surface area contributed by atoms with E-state index in [1.807, 2.05) is 34.9 Å². The molecule has 2 N–H and O–H groups in total. The summed E-state index contributed by atoms with van der Waals surface area (Å²) in [5.41, 5.74) is 10.0. The summed E-state index contributed by atoms with van der Waals surface area (Å²) in [4.78, 5) is 20.2. The van der Waals surface area contributed by atoms with Gasteiger partial charge in [0.25, 0.3) is 5.69 Å². The molecule has 0 spiro atoms. The van der Waals surface area contributed by atoms with Crippen molar-refractivity contribution in [3.05, 3.63) is 87.5 Å². The first-order chi connectivity index (χ1) is 12.7. The van der Waals surface area contributed by atoms with Crippen LogP contribution in [0.5, 0.6) is 0 Å². The lowest BCUT2D eigenvalue weighted by Gasteiger charge is -2.14. The molecule has 2 heterocycles. The summed E-state index contributed by atoms with van der Waals surface area (Å²) in [6.07, 6.45) is 2.41. The van der Waals surface area contributed by atoms with Crippen LogP contribution in [0.15, 0.2) is 59.7 Å². The minimum atomic E-state index is -0.385. The van der Waals surface area contributed by atoms with Gasteiger partial charge in [0.05, 0.1) is 22.9 Å². The second-order valence-corrected chi connectivity index (χ2v) is 6.03. The number of fused-ring (bicyclic) bond motifs is 3. The third-order valence-electron chi connectivity index (χ3n) is 4.42. The van der Waals surface area contributed by atoms with Crippen LogP contribution in [-0.4, -0.2) is 26.7 Å². The molecular formula is C19H17N5O2. The third-order valence-corrected chi connectivity index (χ3v) is 4.42. The fraction of sp³-hybridized carbons (Fsp3) is 0.158. The van der Waals surface area contributed by atoms with Crippen molar-refractivity contribution in [3.63, 3.8) is 0 Å². The first-order valence-electron chi connectivity index (χ1n) is 8.33. The first kappa shape index (κ1) is 16.2. The Morgan fingerprint density at radius 2 is 2.00 bits per heavy atom. The largest absolute Gasteiger partial charge is 0.330 e. The Bertz CT molecular complexity index is 1010. The zero-order valence-corrected chi connectivity index (χ0v) is 14.0. The van der Waals surface area contributed by atoms with Gasteiger partial charge in [0, 0.05) is 41.6 Å². The van der Waals surface area contributed by atoms with E-state index in [4.69, 9.17) is 10.7 Å². The Morgan fingerprint density at radius 1 is 1.19 bits per heavy atom. The number of rotatable bonds is 4. The number of imidazole rings is 1. The van der Waals surface area contributed by atoms with Gasteiger partial charge in [-0.1, -0.05) is 30.3 Å². The van der Waals surface area contributed by atoms with E-state index in [0.29, 0.717) is 19.5 Å². The summed E-state index contributed by atoms with van der Waals surface area (Å²) in [5.74, 6) is 0.751. The summed E-state index contributed by atoms with van der Waals surface area (Å²) in [7, 11) is 0. The quantitative estimate of drug-likeness (QED) is 0.579. The standard InChI is InChI=1S/C19H17N5O2/c20-9-8-15-11-21-18-12-22-19(13-4-2-1-3-5-13)16-7-6-14(24(25)26)10-17(16)23(15)18/h1-7,10-11H,8-9,12,20H2. The fourth-order valence-electron chi connectivity index (χ4n) is 3.26. The number of hydrogen-bond donors (Lipinski definition) is 1. The topological polar surface area (TPSA) is 99.3 Å².